The largest absolute Gasteiger partial charge is 0.482 e. The molecule has 0 atom stereocenters. The molecule has 0 unspecified atom stereocenters. The van der Waals surface area contributed by atoms with Crippen LogP contribution in [-0.4, -0.2) is 23.2 Å². The Morgan fingerprint density at radius 1 is 1.60 bits per heavy atom. The van der Waals surface area contributed by atoms with Crippen LogP contribution in [0, 0.1) is 0 Å². The summed E-state index contributed by atoms with van der Waals surface area (Å²) in [5.41, 5.74) is -2.94. The van der Waals surface area contributed by atoms with E-state index in [-0.39, 0.29) is 5.88 Å². The number of ether oxygens (including phenoxy) is 1. The Bertz CT molecular complexity index is 441. The van der Waals surface area contributed by atoms with Gasteiger partial charge in [-0.25, -0.2) is 13.6 Å². The summed E-state index contributed by atoms with van der Waals surface area (Å²) in [6, 6.07) is 0.787. The molecule has 1 heterocycles. The van der Waals surface area contributed by atoms with Crippen molar-refractivity contribution >= 4 is 5.97 Å². The molecular formula is C8H7F2NO4. The van der Waals surface area contributed by atoms with E-state index in [2.05, 4.69) is 4.74 Å². The first-order chi connectivity index (χ1) is 6.97. The number of rotatable bonds is 3. The Balaban J connectivity index is 3.50. The lowest BCUT2D eigenvalue weighted by atomic mass is 10.1. The number of carboxylic acid groups (broad SMARTS) is 1. The average Bonchev–Trinajstić information content (AvgIpc) is 2.15. The average molecular weight is 219 g/mol. The van der Waals surface area contributed by atoms with Crippen molar-refractivity contribution in [2.24, 2.45) is 0 Å². The Labute approximate surface area is 82.3 Å². The Morgan fingerprint density at radius 2 is 2.20 bits per heavy atom. The van der Waals surface area contributed by atoms with Crippen LogP contribution in [0.3, 0.4) is 0 Å². The van der Waals surface area contributed by atoms with Gasteiger partial charge >= 0.3 is 5.97 Å². The maximum absolute atomic E-state index is 12.4. The number of hydrogen-bond acceptors (Lipinski definition) is 3. The van der Waals surface area contributed by atoms with Gasteiger partial charge in [0.2, 0.25) is 0 Å². The highest BCUT2D eigenvalue weighted by molar-refractivity contribution is 5.89. The molecule has 82 valence electrons. The molecule has 5 nitrogen and oxygen atoms in total. The zero-order chi connectivity index (χ0) is 11.6. The zero-order valence-corrected chi connectivity index (χ0v) is 7.58. The maximum Gasteiger partial charge on any atom is 0.341 e. The van der Waals surface area contributed by atoms with Crippen LogP contribution in [0.4, 0.5) is 8.78 Å². The highest BCUT2D eigenvalue weighted by Crippen LogP contribution is 2.23. The number of aromatic nitrogens is 1. The number of halogens is 2. The number of aromatic amines is 1. The van der Waals surface area contributed by atoms with Crippen molar-refractivity contribution in [1.82, 2.24) is 4.98 Å². The molecule has 0 bridgehead atoms. The molecule has 0 aromatic carbocycles. The van der Waals surface area contributed by atoms with Crippen molar-refractivity contribution < 1.29 is 23.4 Å². The lowest BCUT2D eigenvalue weighted by Gasteiger charge is -2.06. The van der Waals surface area contributed by atoms with Crippen molar-refractivity contribution in [2.45, 2.75) is 6.43 Å². The molecule has 1 aromatic rings. The molecule has 0 radical (unpaired) electrons. The summed E-state index contributed by atoms with van der Waals surface area (Å²) in [6.45, 7) is 0. The van der Waals surface area contributed by atoms with E-state index in [1.165, 1.54) is 7.11 Å². The van der Waals surface area contributed by atoms with E-state index < -0.39 is 29.1 Å². The molecular weight excluding hydrogens is 212 g/mol. The maximum atomic E-state index is 12.4. The first-order valence-electron chi connectivity index (χ1n) is 3.80. The number of pyridine rings is 1. The predicted octanol–water partition coefficient (Wildman–Crippen LogP) is 1.02. The molecule has 7 heteroatoms. The third-order valence-corrected chi connectivity index (χ3v) is 1.71. The van der Waals surface area contributed by atoms with E-state index >= 15 is 0 Å². The van der Waals surface area contributed by atoms with E-state index in [0.717, 1.165) is 6.07 Å². The molecule has 0 spiro atoms. The minimum Gasteiger partial charge on any atom is -0.482 e. The fraction of sp³-hybridized carbons (Fsp3) is 0.250. The van der Waals surface area contributed by atoms with E-state index in [1.54, 1.807) is 0 Å². The number of carboxylic acids is 1. The number of nitrogens with one attached hydrogen (secondary N) is 1. The molecule has 0 saturated carbocycles. The number of methoxy groups -OCH3 is 1. The van der Waals surface area contributed by atoms with Crippen molar-refractivity contribution in [3.05, 3.63) is 27.5 Å². The Hall–Kier alpha value is -1.92. The second-order valence-corrected chi connectivity index (χ2v) is 2.60. The molecule has 0 fully saturated rings. The summed E-state index contributed by atoms with van der Waals surface area (Å²) in [6.07, 6.45) is -3.05. The third kappa shape index (κ3) is 2.12. The van der Waals surface area contributed by atoms with Gasteiger partial charge in [-0.15, -0.1) is 0 Å². The Kier molecular flexibility index (Phi) is 3.03. The fourth-order valence-electron chi connectivity index (χ4n) is 1.06. The molecule has 2 N–H and O–H groups in total. The quantitative estimate of drug-likeness (QED) is 0.795. The summed E-state index contributed by atoms with van der Waals surface area (Å²) in [5, 5.41) is 8.56. The third-order valence-electron chi connectivity index (χ3n) is 1.71. The highest BCUT2D eigenvalue weighted by Gasteiger charge is 2.22. The standard InChI is InChI=1S/C8H7F2NO4/c1-15-4-2-3(6(9)10)5(8(13)14)7(12)11-4/h2,6H,1H3,(H,11,12)(H,13,14). The van der Waals surface area contributed by atoms with Gasteiger partial charge in [0.15, 0.2) is 5.88 Å². The minimum absolute atomic E-state index is 0.208. The molecule has 0 amide bonds. The smallest absolute Gasteiger partial charge is 0.341 e. The number of H-pyrrole nitrogens is 1. The van der Waals surface area contributed by atoms with E-state index in [4.69, 9.17) is 5.11 Å². The van der Waals surface area contributed by atoms with E-state index in [9.17, 15) is 18.4 Å². The van der Waals surface area contributed by atoms with Gasteiger partial charge in [-0.3, -0.25) is 9.78 Å². The van der Waals surface area contributed by atoms with Crippen LogP contribution in [0.5, 0.6) is 5.88 Å². The van der Waals surface area contributed by atoms with Gasteiger partial charge in [-0.1, -0.05) is 0 Å². The van der Waals surface area contributed by atoms with Crippen molar-refractivity contribution in [3.63, 3.8) is 0 Å². The molecule has 15 heavy (non-hydrogen) atoms. The van der Waals surface area contributed by atoms with Gasteiger partial charge in [-0.05, 0) is 0 Å². The predicted molar refractivity (Wildman–Crippen MR) is 45.5 cm³/mol. The lowest BCUT2D eigenvalue weighted by Crippen LogP contribution is -2.21. The number of carbonyl (C=O) groups is 1. The number of hydrogen-bond donors (Lipinski definition) is 2. The lowest BCUT2D eigenvalue weighted by molar-refractivity contribution is 0.0682. The van der Waals surface area contributed by atoms with Crippen LogP contribution in [-0.2, 0) is 0 Å². The van der Waals surface area contributed by atoms with Gasteiger partial charge in [-0.2, -0.15) is 0 Å². The van der Waals surface area contributed by atoms with Crippen LogP contribution in [0.25, 0.3) is 0 Å². The number of aromatic carboxylic acids is 1. The van der Waals surface area contributed by atoms with Crippen LogP contribution >= 0.6 is 0 Å². The first kappa shape index (κ1) is 11.2. The molecule has 0 aliphatic carbocycles. The molecule has 0 saturated heterocycles. The summed E-state index contributed by atoms with van der Waals surface area (Å²) in [7, 11) is 1.17. The minimum atomic E-state index is -3.05. The van der Waals surface area contributed by atoms with Gasteiger partial charge in [0.1, 0.15) is 5.56 Å². The topological polar surface area (TPSA) is 79.4 Å². The van der Waals surface area contributed by atoms with E-state index in [0.29, 0.717) is 0 Å². The molecule has 0 aliphatic heterocycles. The zero-order valence-electron chi connectivity index (χ0n) is 7.58. The van der Waals surface area contributed by atoms with E-state index in [1.807, 2.05) is 4.98 Å². The van der Waals surface area contributed by atoms with Gasteiger partial charge in [0, 0.05) is 11.6 Å². The first-order valence-corrected chi connectivity index (χ1v) is 3.80. The normalized spacial score (nSPS) is 10.4. The van der Waals surface area contributed by atoms with Crippen molar-refractivity contribution in [3.8, 4) is 5.88 Å². The summed E-state index contributed by atoms with van der Waals surface area (Å²) < 4.78 is 29.4. The fourth-order valence-corrected chi connectivity index (χ4v) is 1.06. The summed E-state index contributed by atoms with van der Waals surface area (Å²) >= 11 is 0. The van der Waals surface area contributed by atoms with Crippen molar-refractivity contribution in [2.75, 3.05) is 7.11 Å². The van der Waals surface area contributed by atoms with Gasteiger partial charge < -0.3 is 9.84 Å². The van der Waals surface area contributed by atoms with Crippen molar-refractivity contribution in [1.29, 1.82) is 0 Å². The molecule has 1 rings (SSSR count). The highest BCUT2D eigenvalue weighted by atomic mass is 19.3. The van der Waals surface area contributed by atoms with Crippen LogP contribution in [0.15, 0.2) is 10.9 Å². The second kappa shape index (κ2) is 4.07. The monoisotopic (exact) mass is 219 g/mol. The van der Waals surface area contributed by atoms with Gasteiger partial charge in [0.25, 0.3) is 12.0 Å². The molecule has 1 aromatic heterocycles. The van der Waals surface area contributed by atoms with Crippen LogP contribution < -0.4 is 10.3 Å². The SMILES string of the molecule is COc1cc(C(F)F)c(C(=O)O)c(=O)[nH]1. The second-order valence-electron chi connectivity index (χ2n) is 2.60. The van der Waals surface area contributed by atoms with Crippen LogP contribution in [0.1, 0.15) is 22.3 Å². The number of alkyl halides is 2. The Morgan fingerprint density at radius 3 is 2.60 bits per heavy atom. The molecule has 0 aliphatic rings. The summed E-state index contributed by atoms with van der Waals surface area (Å²) in [5.74, 6) is -1.91. The van der Waals surface area contributed by atoms with Gasteiger partial charge in [0.05, 0.1) is 7.11 Å². The summed E-state index contributed by atoms with van der Waals surface area (Å²) in [4.78, 5) is 23.7. The van der Waals surface area contributed by atoms with Crippen LogP contribution in [0.2, 0.25) is 0 Å².